The van der Waals surface area contributed by atoms with Crippen LogP contribution in [0, 0.1) is 11.8 Å². The van der Waals surface area contributed by atoms with Crippen molar-refractivity contribution in [2.24, 2.45) is 11.8 Å². The normalized spacial score (nSPS) is 12.3. The molecule has 0 spiro atoms. The molecular weight excluding hydrogens is 760 g/mol. The van der Waals surface area contributed by atoms with Gasteiger partial charge in [0.1, 0.15) is 23.5 Å². The highest BCUT2D eigenvalue weighted by Gasteiger charge is 2.25. The molecule has 0 bridgehead atoms. The molecule has 2 rings (SSSR count). The Morgan fingerprint density at radius 1 is 0.711 bits per heavy atom. The van der Waals surface area contributed by atoms with E-state index in [-0.39, 0.29) is 23.7 Å². The number of halogens is 4. The van der Waals surface area contributed by atoms with Crippen molar-refractivity contribution >= 4 is 87.5 Å². The molecule has 0 aromatic carbocycles. The molecule has 2 heterocycles. The molecule has 10 nitrogen and oxygen atoms in total. The van der Waals surface area contributed by atoms with Gasteiger partial charge in [0.15, 0.2) is 0 Å². The first kappa shape index (κ1) is 34.4. The lowest BCUT2D eigenvalue weighted by molar-refractivity contribution is -0.144. The second kappa shape index (κ2) is 16.5. The third-order valence-corrected chi connectivity index (χ3v) is 8.50. The lowest BCUT2D eigenvalue weighted by atomic mass is 10.0. The smallest absolute Gasteiger partial charge is 0.328 e. The van der Waals surface area contributed by atoms with Crippen LogP contribution in [0.25, 0.3) is 0 Å². The Morgan fingerprint density at radius 2 is 1.03 bits per heavy atom. The summed E-state index contributed by atoms with van der Waals surface area (Å²) in [4.78, 5) is 53.0. The average molecular weight is 792 g/mol. The number of hydrogen-bond acceptors (Lipinski definition) is 6. The van der Waals surface area contributed by atoms with Crippen LogP contribution in [0.2, 0.25) is 0 Å². The van der Waals surface area contributed by atoms with E-state index in [4.69, 9.17) is 9.47 Å². The van der Waals surface area contributed by atoms with Gasteiger partial charge in [-0.1, -0.05) is 27.7 Å². The Balaban J connectivity index is 0.000000380. The second-order valence-electron chi connectivity index (χ2n) is 9.05. The molecule has 2 aromatic rings. The zero-order chi connectivity index (χ0) is 29.2. The van der Waals surface area contributed by atoms with Gasteiger partial charge in [-0.05, 0) is 101 Å². The number of carbonyl (C=O) groups is 4. The molecule has 38 heavy (non-hydrogen) atoms. The predicted molar refractivity (Wildman–Crippen MR) is 158 cm³/mol. The number of carbonyl (C=O) groups excluding carboxylic acids is 4. The highest BCUT2D eigenvalue weighted by Crippen LogP contribution is 2.24. The molecule has 2 aromatic heterocycles. The van der Waals surface area contributed by atoms with E-state index in [2.05, 4.69) is 84.3 Å². The van der Waals surface area contributed by atoms with Gasteiger partial charge < -0.3 is 30.1 Å². The third kappa shape index (κ3) is 11.2. The summed E-state index contributed by atoms with van der Waals surface area (Å²) in [6.45, 7) is 7.90. The summed E-state index contributed by atoms with van der Waals surface area (Å²) < 4.78 is 12.2. The Bertz CT molecular complexity index is 990. The third-order valence-electron chi connectivity index (χ3n) is 4.94. The topological polar surface area (TPSA) is 142 Å². The summed E-state index contributed by atoms with van der Waals surface area (Å²) in [7, 11) is 2.62. The molecule has 0 aliphatic carbocycles. The van der Waals surface area contributed by atoms with Crippen LogP contribution in [-0.2, 0) is 19.1 Å². The number of aromatic nitrogens is 2. The molecule has 0 fully saturated rings. The molecule has 0 unspecified atom stereocenters. The fraction of sp³-hybridized carbons (Fsp3) is 0.500. The lowest BCUT2D eigenvalue weighted by Crippen LogP contribution is -2.42. The minimum Gasteiger partial charge on any atom is -0.467 e. The minimum absolute atomic E-state index is 0.270. The summed E-state index contributed by atoms with van der Waals surface area (Å²) in [5.41, 5.74) is 0.743. The van der Waals surface area contributed by atoms with Gasteiger partial charge in [0.25, 0.3) is 11.8 Å². The first-order valence-corrected chi connectivity index (χ1v) is 14.7. The molecule has 14 heteroatoms. The van der Waals surface area contributed by atoms with Crippen molar-refractivity contribution in [1.29, 1.82) is 0 Å². The van der Waals surface area contributed by atoms with Gasteiger partial charge in [0, 0.05) is 0 Å². The number of nitrogens with one attached hydrogen (secondary N) is 4. The van der Waals surface area contributed by atoms with Crippen LogP contribution in [-0.4, -0.2) is 60.0 Å². The van der Waals surface area contributed by atoms with Crippen molar-refractivity contribution in [3.8, 4) is 0 Å². The van der Waals surface area contributed by atoms with Crippen LogP contribution in [0.1, 0.15) is 61.5 Å². The zero-order valence-corrected chi connectivity index (χ0v) is 28.2. The van der Waals surface area contributed by atoms with Crippen molar-refractivity contribution in [2.45, 2.75) is 52.6 Å². The number of hydrogen-bond donors (Lipinski definition) is 4. The Labute approximate surface area is 255 Å². The molecule has 0 aliphatic rings. The maximum atomic E-state index is 12.0. The van der Waals surface area contributed by atoms with Gasteiger partial charge in [-0.3, -0.25) is 9.59 Å². The monoisotopic (exact) mass is 788 g/mol. The van der Waals surface area contributed by atoms with E-state index in [1.807, 2.05) is 27.7 Å². The molecule has 2 amide bonds. The van der Waals surface area contributed by atoms with Gasteiger partial charge in [-0.15, -0.1) is 0 Å². The summed E-state index contributed by atoms with van der Waals surface area (Å²) in [5, 5.41) is 5.34. The largest absolute Gasteiger partial charge is 0.467 e. The first-order chi connectivity index (χ1) is 17.7. The maximum absolute atomic E-state index is 12.0. The van der Waals surface area contributed by atoms with E-state index >= 15 is 0 Å². The van der Waals surface area contributed by atoms with Crippen LogP contribution < -0.4 is 10.6 Å². The van der Waals surface area contributed by atoms with Crippen molar-refractivity contribution < 1.29 is 28.7 Å². The lowest BCUT2D eigenvalue weighted by Gasteiger charge is -2.17. The molecule has 0 aliphatic heterocycles. The summed E-state index contributed by atoms with van der Waals surface area (Å²) in [6, 6.07) is 2.00. The van der Waals surface area contributed by atoms with E-state index in [0.717, 1.165) is 8.95 Å². The average Bonchev–Trinajstić information content (AvgIpc) is 3.37. The van der Waals surface area contributed by atoms with Crippen LogP contribution in [0.5, 0.6) is 0 Å². The van der Waals surface area contributed by atoms with E-state index in [1.54, 1.807) is 12.1 Å². The summed E-state index contributed by atoms with van der Waals surface area (Å²) in [5.74, 6) is -1.03. The number of rotatable bonds is 10. The molecule has 4 N–H and O–H groups in total. The molecule has 0 saturated heterocycles. The van der Waals surface area contributed by atoms with Gasteiger partial charge in [0.2, 0.25) is 0 Å². The van der Waals surface area contributed by atoms with Gasteiger partial charge in [0.05, 0.1) is 32.4 Å². The molecular formula is C24H32Br4N4O6. The number of aromatic amines is 2. The summed E-state index contributed by atoms with van der Waals surface area (Å²) >= 11 is 13.1. The zero-order valence-electron chi connectivity index (χ0n) is 21.8. The Kier molecular flexibility index (Phi) is 14.9. The van der Waals surface area contributed by atoms with E-state index in [0.29, 0.717) is 33.4 Å². The number of amides is 2. The number of methoxy groups -OCH3 is 2. The number of H-pyrrole nitrogens is 2. The minimum atomic E-state index is -0.640. The van der Waals surface area contributed by atoms with Crippen molar-refractivity contribution in [3.05, 3.63) is 41.7 Å². The van der Waals surface area contributed by atoms with Crippen molar-refractivity contribution in [2.75, 3.05) is 14.2 Å². The van der Waals surface area contributed by atoms with Crippen molar-refractivity contribution in [1.82, 2.24) is 20.6 Å². The highest BCUT2D eigenvalue weighted by atomic mass is 79.9. The molecule has 2 atom stereocenters. The SMILES string of the molecule is COC(=O)[C@H](CC(C)C)NC(=O)c1cc(Br)c(Br)[nH]1.COC(=O)[C@H](CC(C)C)NC(=O)c1cc(Br)c(Br)[nH]1. The van der Waals surface area contributed by atoms with Gasteiger partial charge in [-0.2, -0.15) is 0 Å². The predicted octanol–water partition coefficient (Wildman–Crippen LogP) is 5.71. The highest BCUT2D eigenvalue weighted by molar-refractivity contribution is 9.13. The Morgan fingerprint density at radius 3 is 1.24 bits per heavy atom. The molecule has 0 radical (unpaired) electrons. The van der Waals surface area contributed by atoms with Gasteiger partial charge >= 0.3 is 11.9 Å². The summed E-state index contributed by atoms with van der Waals surface area (Å²) in [6.07, 6.45) is 1.06. The first-order valence-electron chi connectivity index (χ1n) is 11.5. The van der Waals surface area contributed by atoms with Crippen LogP contribution in [0.4, 0.5) is 0 Å². The van der Waals surface area contributed by atoms with Crippen LogP contribution in [0.15, 0.2) is 30.3 Å². The van der Waals surface area contributed by atoms with E-state index < -0.39 is 24.0 Å². The number of esters is 2. The fourth-order valence-electron chi connectivity index (χ4n) is 3.18. The van der Waals surface area contributed by atoms with E-state index in [1.165, 1.54) is 14.2 Å². The maximum Gasteiger partial charge on any atom is 0.328 e. The van der Waals surface area contributed by atoms with Gasteiger partial charge in [-0.25, -0.2) is 9.59 Å². The van der Waals surface area contributed by atoms with E-state index in [9.17, 15) is 19.2 Å². The molecule has 212 valence electrons. The van der Waals surface area contributed by atoms with Crippen molar-refractivity contribution in [3.63, 3.8) is 0 Å². The fourth-order valence-corrected chi connectivity index (χ4v) is 4.49. The van der Waals surface area contributed by atoms with Crippen LogP contribution >= 0.6 is 63.7 Å². The number of ether oxygens (including phenoxy) is 2. The standard InChI is InChI=1S/2C12H16Br2N2O3/c2*1-6(2)4-9(12(18)19-3)16-11(17)8-5-7(13)10(14)15-8/h2*5-6,9,15H,4H2,1-3H3,(H,16,17)/t2*9-/m00/s1. The second-order valence-corrected chi connectivity index (χ2v) is 12.3. The Hall–Kier alpha value is -1.64. The quantitative estimate of drug-likeness (QED) is 0.227. The molecule has 0 saturated carbocycles. The van der Waals surface area contributed by atoms with Crippen LogP contribution in [0.3, 0.4) is 0 Å².